The molecule has 0 fully saturated rings. The molecular formula is C14H13ClN4O. The van der Waals surface area contributed by atoms with Crippen LogP contribution in [0.4, 0.5) is 5.69 Å². The van der Waals surface area contributed by atoms with Crippen LogP contribution < -0.4 is 5.32 Å². The van der Waals surface area contributed by atoms with Gasteiger partial charge >= 0.3 is 0 Å². The number of halogens is 1. The van der Waals surface area contributed by atoms with Gasteiger partial charge in [-0.2, -0.15) is 5.10 Å². The van der Waals surface area contributed by atoms with Crippen LogP contribution in [0.5, 0.6) is 0 Å². The topological polar surface area (TPSA) is 66.7 Å². The molecule has 0 bridgehead atoms. The summed E-state index contributed by atoms with van der Waals surface area (Å²) < 4.78 is 5.61. The lowest BCUT2D eigenvalue weighted by molar-refractivity contribution is 0.545. The third kappa shape index (κ3) is 2.67. The summed E-state index contributed by atoms with van der Waals surface area (Å²) in [6.07, 6.45) is 3.47. The average Bonchev–Trinajstić information content (AvgIpc) is 3.06. The van der Waals surface area contributed by atoms with Gasteiger partial charge in [-0.25, -0.2) is 4.98 Å². The quantitative estimate of drug-likeness (QED) is 0.719. The molecule has 0 spiro atoms. The Morgan fingerprint density at radius 2 is 2.15 bits per heavy atom. The third-order valence-corrected chi connectivity index (χ3v) is 3.14. The average molecular weight is 289 g/mol. The molecule has 0 aliphatic heterocycles. The van der Waals surface area contributed by atoms with E-state index >= 15 is 0 Å². The van der Waals surface area contributed by atoms with Gasteiger partial charge in [0.1, 0.15) is 16.6 Å². The lowest BCUT2D eigenvalue weighted by atomic mass is 10.2. The number of furan rings is 1. The Kier molecular flexibility index (Phi) is 3.43. The first-order chi connectivity index (χ1) is 9.72. The van der Waals surface area contributed by atoms with E-state index in [9.17, 15) is 0 Å². The molecular weight excluding hydrogens is 276 g/mol. The second-order valence-corrected chi connectivity index (χ2v) is 4.79. The van der Waals surface area contributed by atoms with E-state index in [0.717, 1.165) is 28.5 Å². The highest BCUT2D eigenvalue weighted by atomic mass is 35.5. The molecule has 2 N–H and O–H groups in total. The van der Waals surface area contributed by atoms with Crippen molar-refractivity contribution in [3.05, 3.63) is 53.1 Å². The van der Waals surface area contributed by atoms with Crippen molar-refractivity contribution < 1.29 is 4.42 Å². The maximum absolute atomic E-state index is 5.75. The fraction of sp³-hybridized carbons (Fsp3) is 0.143. The molecule has 5 nitrogen and oxygen atoms in total. The van der Waals surface area contributed by atoms with Gasteiger partial charge < -0.3 is 9.73 Å². The molecule has 3 aromatic heterocycles. The van der Waals surface area contributed by atoms with Crippen molar-refractivity contribution in [3.8, 4) is 11.5 Å². The fourth-order valence-electron chi connectivity index (χ4n) is 1.91. The largest absolute Gasteiger partial charge is 0.460 e. The summed E-state index contributed by atoms with van der Waals surface area (Å²) in [7, 11) is 0. The van der Waals surface area contributed by atoms with E-state index in [1.807, 2.05) is 25.1 Å². The summed E-state index contributed by atoms with van der Waals surface area (Å²) >= 11 is 5.75. The van der Waals surface area contributed by atoms with Crippen LogP contribution in [0.3, 0.4) is 0 Å². The predicted octanol–water partition coefficient (Wildman–Crippen LogP) is 3.64. The molecule has 0 radical (unpaired) electrons. The van der Waals surface area contributed by atoms with E-state index in [2.05, 4.69) is 20.5 Å². The smallest absolute Gasteiger partial charge is 0.152 e. The first kappa shape index (κ1) is 12.7. The fourth-order valence-corrected chi connectivity index (χ4v) is 2.02. The Labute approximate surface area is 121 Å². The van der Waals surface area contributed by atoms with Crippen LogP contribution in [0.15, 0.2) is 41.1 Å². The van der Waals surface area contributed by atoms with E-state index in [1.165, 1.54) is 0 Å². The lowest BCUT2D eigenvalue weighted by Gasteiger charge is -2.05. The standard InChI is InChI=1S/C14H13ClN4O/c1-9-2-4-12(20-9)14-10(7-18-19-14)6-16-11-3-5-13(15)17-8-11/h2-5,7-8,16H,6H2,1H3,(H,18,19). The Bertz CT molecular complexity index is 702. The molecule has 0 saturated heterocycles. The number of aromatic amines is 1. The Hall–Kier alpha value is -2.27. The van der Waals surface area contributed by atoms with Crippen molar-refractivity contribution in [1.82, 2.24) is 15.2 Å². The van der Waals surface area contributed by atoms with Crippen molar-refractivity contribution in [2.75, 3.05) is 5.32 Å². The monoisotopic (exact) mass is 288 g/mol. The third-order valence-electron chi connectivity index (χ3n) is 2.91. The number of H-pyrrole nitrogens is 1. The first-order valence-electron chi connectivity index (χ1n) is 6.17. The first-order valence-corrected chi connectivity index (χ1v) is 6.54. The predicted molar refractivity (Wildman–Crippen MR) is 77.6 cm³/mol. The van der Waals surface area contributed by atoms with Gasteiger partial charge in [0.15, 0.2) is 5.76 Å². The molecule has 102 valence electrons. The van der Waals surface area contributed by atoms with Gasteiger partial charge in [-0.15, -0.1) is 0 Å². The van der Waals surface area contributed by atoms with E-state index in [4.69, 9.17) is 16.0 Å². The summed E-state index contributed by atoms with van der Waals surface area (Å²) in [6, 6.07) is 7.48. The van der Waals surface area contributed by atoms with Crippen LogP contribution in [0.2, 0.25) is 5.15 Å². The van der Waals surface area contributed by atoms with E-state index in [1.54, 1.807) is 18.5 Å². The number of hydrogen-bond acceptors (Lipinski definition) is 4. The van der Waals surface area contributed by atoms with Gasteiger partial charge in [0, 0.05) is 12.1 Å². The molecule has 20 heavy (non-hydrogen) atoms. The number of aromatic nitrogens is 3. The summed E-state index contributed by atoms with van der Waals surface area (Å²) in [4.78, 5) is 4.02. The Balaban J connectivity index is 1.75. The van der Waals surface area contributed by atoms with E-state index in [-0.39, 0.29) is 0 Å². The number of rotatable bonds is 4. The van der Waals surface area contributed by atoms with E-state index in [0.29, 0.717) is 11.7 Å². The second-order valence-electron chi connectivity index (χ2n) is 4.40. The highest BCUT2D eigenvalue weighted by molar-refractivity contribution is 6.29. The zero-order chi connectivity index (χ0) is 13.9. The molecule has 0 aromatic carbocycles. The van der Waals surface area contributed by atoms with Crippen LogP contribution in [0, 0.1) is 6.92 Å². The van der Waals surface area contributed by atoms with Gasteiger partial charge in [-0.05, 0) is 31.2 Å². The number of nitrogens with one attached hydrogen (secondary N) is 2. The van der Waals surface area contributed by atoms with Crippen LogP contribution in [-0.4, -0.2) is 15.2 Å². The van der Waals surface area contributed by atoms with Gasteiger partial charge in [-0.1, -0.05) is 11.6 Å². The normalized spacial score (nSPS) is 10.7. The Morgan fingerprint density at radius 1 is 1.25 bits per heavy atom. The van der Waals surface area contributed by atoms with Crippen molar-refractivity contribution in [2.24, 2.45) is 0 Å². The minimum absolute atomic E-state index is 0.477. The number of hydrogen-bond donors (Lipinski definition) is 2. The van der Waals surface area contributed by atoms with Crippen LogP contribution in [0.25, 0.3) is 11.5 Å². The molecule has 0 saturated carbocycles. The molecule has 3 aromatic rings. The summed E-state index contributed by atoms with van der Waals surface area (Å²) in [5.74, 6) is 1.65. The highest BCUT2D eigenvalue weighted by Crippen LogP contribution is 2.24. The number of nitrogens with zero attached hydrogens (tertiary/aromatic N) is 2. The summed E-state index contributed by atoms with van der Waals surface area (Å²) in [5, 5.41) is 10.8. The zero-order valence-electron chi connectivity index (χ0n) is 10.9. The number of anilines is 1. The molecule has 3 heterocycles. The number of aryl methyl sites for hydroxylation is 1. The summed E-state index contributed by atoms with van der Waals surface area (Å²) in [6.45, 7) is 2.53. The maximum atomic E-state index is 5.75. The van der Waals surface area contributed by atoms with Crippen LogP contribution >= 0.6 is 11.6 Å². The van der Waals surface area contributed by atoms with Crippen molar-refractivity contribution in [3.63, 3.8) is 0 Å². The van der Waals surface area contributed by atoms with Gasteiger partial charge in [0.25, 0.3) is 0 Å². The molecule has 6 heteroatoms. The van der Waals surface area contributed by atoms with Crippen LogP contribution in [-0.2, 0) is 6.54 Å². The van der Waals surface area contributed by atoms with Crippen molar-refractivity contribution in [1.29, 1.82) is 0 Å². The maximum Gasteiger partial charge on any atom is 0.152 e. The molecule has 0 aliphatic carbocycles. The van der Waals surface area contributed by atoms with E-state index < -0.39 is 0 Å². The summed E-state index contributed by atoms with van der Waals surface area (Å²) in [5.41, 5.74) is 2.80. The van der Waals surface area contributed by atoms with Crippen molar-refractivity contribution in [2.45, 2.75) is 13.5 Å². The zero-order valence-corrected chi connectivity index (χ0v) is 11.6. The lowest BCUT2D eigenvalue weighted by Crippen LogP contribution is -2.00. The highest BCUT2D eigenvalue weighted by Gasteiger charge is 2.10. The van der Waals surface area contributed by atoms with Gasteiger partial charge in [0.05, 0.1) is 18.1 Å². The Morgan fingerprint density at radius 3 is 2.85 bits per heavy atom. The minimum Gasteiger partial charge on any atom is -0.460 e. The molecule has 0 aliphatic rings. The number of pyridine rings is 1. The second kappa shape index (κ2) is 5.38. The molecule has 0 atom stereocenters. The molecule has 3 rings (SSSR count). The van der Waals surface area contributed by atoms with Gasteiger partial charge in [0.2, 0.25) is 0 Å². The molecule has 0 unspecified atom stereocenters. The van der Waals surface area contributed by atoms with Crippen molar-refractivity contribution >= 4 is 17.3 Å². The minimum atomic E-state index is 0.477. The van der Waals surface area contributed by atoms with Crippen LogP contribution in [0.1, 0.15) is 11.3 Å². The van der Waals surface area contributed by atoms with Gasteiger partial charge in [-0.3, -0.25) is 5.10 Å². The SMILES string of the molecule is Cc1ccc(-c2[nH]ncc2CNc2ccc(Cl)nc2)o1. The molecule has 0 amide bonds.